The Morgan fingerprint density at radius 1 is 1.53 bits per heavy atom. The lowest BCUT2D eigenvalue weighted by molar-refractivity contribution is 0.201. The van der Waals surface area contributed by atoms with Gasteiger partial charge in [0, 0.05) is 33.1 Å². The molecule has 2 rings (SSSR count). The minimum absolute atomic E-state index is 0.280. The summed E-state index contributed by atoms with van der Waals surface area (Å²) in [4.78, 5) is 6.77. The summed E-state index contributed by atoms with van der Waals surface area (Å²) >= 11 is 3.57. The van der Waals surface area contributed by atoms with Crippen molar-refractivity contribution in [2.75, 3.05) is 32.2 Å². The number of methoxy groups -OCH3 is 1. The Bertz CT molecular complexity index is 487. The van der Waals surface area contributed by atoms with E-state index < -0.39 is 0 Å². The van der Waals surface area contributed by atoms with Gasteiger partial charge in [0.15, 0.2) is 5.82 Å². The monoisotopic (exact) mass is 298 g/mol. The van der Waals surface area contributed by atoms with Crippen LogP contribution in [0.3, 0.4) is 0 Å². The number of fused-ring (bicyclic) bond motifs is 1. The van der Waals surface area contributed by atoms with Gasteiger partial charge in [-0.25, -0.2) is 9.50 Å². The maximum absolute atomic E-state index is 5.10. The van der Waals surface area contributed by atoms with E-state index in [1.54, 1.807) is 19.5 Å². The maximum atomic E-state index is 5.10. The largest absolute Gasteiger partial charge is 0.383 e. The van der Waals surface area contributed by atoms with Crippen molar-refractivity contribution in [2.24, 2.45) is 0 Å². The third-order valence-corrected chi connectivity index (χ3v) is 3.04. The molecule has 0 aliphatic carbocycles. The Morgan fingerprint density at radius 2 is 2.35 bits per heavy atom. The molecule has 2 heterocycles. The van der Waals surface area contributed by atoms with Crippen molar-refractivity contribution in [1.29, 1.82) is 0 Å². The molecule has 0 saturated heterocycles. The molecule has 0 radical (unpaired) electrons. The molecule has 0 aliphatic heterocycles. The molecule has 0 bridgehead atoms. The molecule has 0 N–H and O–H groups in total. The maximum Gasteiger partial charge on any atom is 0.154 e. The van der Waals surface area contributed by atoms with E-state index in [0.717, 1.165) is 17.9 Å². The van der Waals surface area contributed by atoms with E-state index in [0.29, 0.717) is 6.61 Å². The zero-order valence-corrected chi connectivity index (χ0v) is 11.5. The standard InChI is InChI=1S/C11H15BrN4O/c1-15(7-9(12)8-17-2)11-10-3-4-14-16(10)6-5-13-11/h3-6,9H,7-8H2,1-2H3. The topological polar surface area (TPSA) is 42.7 Å². The molecular weight excluding hydrogens is 284 g/mol. The number of anilines is 1. The molecule has 2 aromatic heterocycles. The Labute approximate surface area is 109 Å². The van der Waals surface area contributed by atoms with E-state index in [1.165, 1.54) is 0 Å². The van der Waals surface area contributed by atoms with Gasteiger partial charge < -0.3 is 9.64 Å². The normalized spacial score (nSPS) is 12.9. The highest BCUT2D eigenvalue weighted by Gasteiger charge is 2.12. The van der Waals surface area contributed by atoms with Gasteiger partial charge in [-0.2, -0.15) is 5.10 Å². The average Bonchev–Trinajstić information content (AvgIpc) is 2.76. The fraction of sp³-hybridized carbons (Fsp3) is 0.455. The zero-order valence-electron chi connectivity index (χ0n) is 9.88. The Morgan fingerprint density at radius 3 is 3.12 bits per heavy atom. The summed E-state index contributed by atoms with van der Waals surface area (Å²) in [6.45, 7) is 1.50. The minimum atomic E-state index is 0.280. The summed E-state index contributed by atoms with van der Waals surface area (Å²) < 4.78 is 6.92. The highest BCUT2D eigenvalue weighted by Crippen LogP contribution is 2.17. The smallest absolute Gasteiger partial charge is 0.154 e. The van der Waals surface area contributed by atoms with Crippen LogP contribution in [0.2, 0.25) is 0 Å². The summed E-state index contributed by atoms with van der Waals surface area (Å²) in [6.07, 6.45) is 5.37. The molecular formula is C11H15BrN4O. The quantitative estimate of drug-likeness (QED) is 0.786. The SMILES string of the molecule is COCC(Br)CN(C)c1nccn2nccc12. The van der Waals surface area contributed by atoms with Gasteiger partial charge in [-0.05, 0) is 6.07 Å². The number of hydrogen-bond donors (Lipinski definition) is 0. The van der Waals surface area contributed by atoms with Crippen LogP contribution < -0.4 is 4.90 Å². The molecule has 0 fully saturated rings. The predicted octanol–water partition coefficient (Wildman–Crippen LogP) is 1.58. The Kier molecular flexibility index (Phi) is 3.96. The van der Waals surface area contributed by atoms with Gasteiger partial charge in [-0.15, -0.1) is 0 Å². The summed E-state index contributed by atoms with van der Waals surface area (Å²) in [7, 11) is 3.71. The second-order valence-corrected chi connectivity index (χ2v) is 5.14. The molecule has 2 aromatic rings. The first-order chi connectivity index (χ1) is 8.22. The van der Waals surface area contributed by atoms with E-state index in [1.807, 2.05) is 23.8 Å². The van der Waals surface area contributed by atoms with Crippen molar-refractivity contribution in [3.8, 4) is 0 Å². The number of rotatable bonds is 5. The highest BCUT2D eigenvalue weighted by atomic mass is 79.9. The molecule has 17 heavy (non-hydrogen) atoms. The van der Waals surface area contributed by atoms with Crippen LogP contribution in [0, 0.1) is 0 Å². The van der Waals surface area contributed by atoms with Crippen molar-refractivity contribution in [1.82, 2.24) is 14.6 Å². The minimum Gasteiger partial charge on any atom is -0.383 e. The Balaban J connectivity index is 2.18. The molecule has 1 atom stereocenters. The molecule has 0 aromatic carbocycles. The Hall–Kier alpha value is -1.14. The molecule has 92 valence electrons. The fourth-order valence-corrected chi connectivity index (χ4v) is 2.45. The summed E-state index contributed by atoms with van der Waals surface area (Å²) in [5.74, 6) is 0.922. The number of nitrogens with zero attached hydrogens (tertiary/aromatic N) is 4. The van der Waals surface area contributed by atoms with Gasteiger partial charge >= 0.3 is 0 Å². The van der Waals surface area contributed by atoms with Crippen molar-refractivity contribution >= 4 is 27.3 Å². The number of hydrogen-bond acceptors (Lipinski definition) is 4. The third-order valence-electron chi connectivity index (χ3n) is 2.49. The van der Waals surface area contributed by atoms with E-state index in [-0.39, 0.29) is 4.83 Å². The molecule has 0 aliphatic rings. The molecule has 6 heteroatoms. The van der Waals surface area contributed by atoms with Crippen LogP contribution in [0.1, 0.15) is 0 Å². The molecule has 0 amide bonds. The predicted molar refractivity (Wildman–Crippen MR) is 70.8 cm³/mol. The zero-order chi connectivity index (χ0) is 12.3. The van der Waals surface area contributed by atoms with Crippen LogP contribution >= 0.6 is 15.9 Å². The summed E-state index contributed by atoms with van der Waals surface area (Å²) in [6, 6.07) is 1.96. The molecule has 0 spiro atoms. The van der Waals surface area contributed by atoms with Crippen molar-refractivity contribution < 1.29 is 4.74 Å². The van der Waals surface area contributed by atoms with Crippen molar-refractivity contribution in [2.45, 2.75) is 4.83 Å². The van der Waals surface area contributed by atoms with Crippen LogP contribution in [0.5, 0.6) is 0 Å². The van der Waals surface area contributed by atoms with Crippen molar-refractivity contribution in [3.05, 3.63) is 24.7 Å². The average molecular weight is 299 g/mol. The fourth-order valence-electron chi connectivity index (χ4n) is 1.75. The first-order valence-electron chi connectivity index (χ1n) is 5.35. The first kappa shape index (κ1) is 12.3. The van der Waals surface area contributed by atoms with Gasteiger partial charge in [0.25, 0.3) is 0 Å². The molecule has 1 unspecified atom stereocenters. The second-order valence-electron chi connectivity index (χ2n) is 3.85. The van der Waals surface area contributed by atoms with E-state index in [4.69, 9.17) is 4.74 Å². The van der Waals surface area contributed by atoms with Crippen LogP contribution in [-0.2, 0) is 4.74 Å². The second kappa shape index (κ2) is 5.46. The number of aromatic nitrogens is 3. The lowest BCUT2D eigenvalue weighted by Gasteiger charge is -2.21. The summed E-state index contributed by atoms with van der Waals surface area (Å²) in [5.41, 5.74) is 1.01. The van der Waals surface area contributed by atoms with Crippen LogP contribution in [-0.4, -0.2) is 46.7 Å². The number of alkyl halides is 1. The van der Waals surface area contributed by atoms with Crippen LogP contribution in [0.15, 0.2) is 24.7 Å². The van der Waals surface area contributed by atoms with Gasteiger partial charge in [0.05, 0.1) is 17.6 Å². The lowest BCUT2D eigenvalue weighted by Crippen LogP contribution is -2.29. The van der Waals surface area contributed by atoms with E-state index in [9.17, 15) is 0 Å². The van der Waals surface area contributed by atoms with Gasteiger partial charge in [0.2, 0.25) is 0 Å². The molecule has 5 nitrogen and oxygen atoms in total. The van der Waals surface area contributed by atoms with Crippen LogP contribution in [0.4, 0.5) is 5.82 Å². The van der Waals surface area contributed by atoms with Gasteiger partial charge in [-0.1, -0.05) is 15.9 Å². The molecule has 0 saturated carbocycles. The first-order valence-corrected chi connectivity index (χ1v) is 6.26. The van der Waals surface area contributed by atoms with Crippen molar-refractivity contribution in [3.63, 3.8) is 0 Å². The third kappa shape index (κ3) is 2.76. The highest BCUT2D eigenvalue weighted by molar-refractivity contribution is 9.09. The number of halogens is 1. The van der Waals surface area contributed by atoms with Crippen LogP contribution in [0.25, 0.3) is 5.52 Å². The van der Waals surface area contributed by atoms with E-state index >= 15 is 0 Å². The number of ether oxygens (including phenoxy) is 1. The van der Waals surface area contributed by atoms with Gasteiger partial charge in [-0.3, -0.25) is 0 Å². The van der Waals surface area contributed by atoms with Gasteiger partial charge in [0.1, 0.15) is 5.52 Å². The van der Waals surface area contributed by atoms with E-state index in [2.05, 4.69) is 30.9 Å². The summed E-state index contributed by atoms with van der Waals surface area (Å²) in [5, 5.41) is 4.19. The lowest BCUT2D eigenvalue weighted by atomic mass is 10.4.